The van der Waals surface area contributed by atoms with Crippen molar-refractivity contribution in [3.05, 3.63) is 63.4 Å². The fraction of sp³-hybridized carbons (Fsp3) is 0.188. The minimum atomic E-state index is -0.401. The zero-order valence-electron chi connectivity index (χ0n) is 10.8. The second kappa shape index (κ2) is 5.02. The highest BCUT2D eigenvalue weighted by Crippen LogP contribution is 2.36. The molecule has 0 saturated heterocycles. The van der Waals surface area contributed by atoms with E-state index in [9.17, 15) is 9.18 Å². The van der Waals surface area contributed by atoms with Crippen LogP contribution >= 0.6 is 15.9 Å². The number of hydrogen-bond donors (Lipinski definition) is 0. The predicted molar refractivity (Wildman–Crippen MR) is 77.6 cm³/mol. The molecule has 1 heterocycles. The number of carbonyl (C=O) groups excluding carboxylic acids is 1. The fourth-order valence-electron chi connectivity index (χ4n) is 2.29. The van der Waals surface area contributed by atoms with E-state index < -0.39 is 5.82 Å². The molecule has 0 aliphatic carbocycles. The third kappa shape index (κ3) is 2.36. The van der Waals surface area contributed by atoms with Crippen molar-refractivity contribution in [1.82, 2.24) is 0 Å². The summed E-state index contributed by atoms with van der Waals surface area (Å²) < 4.78 is 20.0. The van der Waals surface area contributed by atoms with Gasteiger partial charge in [0.2, 0.25) is 0 Å². The van der Waals surface area contributed by atoms with E-state index in [-0.39, 0.29) is 18.3 Å². The van der Waals surface area contributed by atoms with Crippen LogP contribution in [0.1, 0.15) is 34.0 Å². The molecule has 0 N–H and O–H groups in total. The van der Waals surface area contributed by atoms with Gasteiger partial charge in [-0.05, 0) is 36.2 Å². The number of aryl methyl sites for hydroxylation is 1. The van der Waals surface area contributed by atoms with Crippen LogP contribution in [0.25, 0.3) is 0 Å². The van der Waals surface area contributed by atoms with Gasteiger partial charge in [0.15, 0.2) is 5.78 Å². The molecule has 102 valence electrons. The van der Waals surface area contributed by atoms with Crippen LogP contribution in [0, 0.1) is 12.7 Å². The summed E-state index contributed by atoms with van der Waals surface area (Å²) >= 11 is 3.47. The smallest absolute Gasteiger partial charge is 0.170 e. The summed E-state index contributed by atoms with van der Waals surface area (Å²) in [4.78, 5) is 12.1. The van der Waals surface area contributed by atoms with Gasteiger partial charge in [0.1, 0.15) is 17.7 Å². The molecule has 20 heavy (non-hydrogen) atoms. The van der Waals surface area contributed by atoms with Gasteiger partial charge in [-0.3, -0.25) is 4.79 Å². The van der Waals surface area contributed by atoms with Crippen molar-refractivity contribution in [2.24, 2.45) is 0 Å². The van der Waals surface area contributed by atoms with Crippen LogP contribution in [0.4, 0.5) is 4.39 Å². The monoisotopic (exact) mass is 334 g/mol. The molecular weight excluding hydrogens is 323 g/mol. The third-order valence-electron chi connectivity index (χ3n) is 3.45. The number of carbonyl (C=O) groups is 1. The van der Waals surface area contributed by atoms with Crippen LogP contribution in [0.2, 0.25) is 0 Å². The lowest BCUT2D eigenvalue weighted by Gasteiger charge is -2.25. The second-order valence-electron chi connectivity index (χ2n) is 4.88. The minimum absolute atomic E-state index is 0.0204. The van der Waals surface area contributed by atoms with Gasteiger partial charge in [-0.25, -0.2) is 4.39 Å². The maximum Gasteiger partial charge on any atom is 0.170 e. The average molecular weight is 335 g/mol. The minimum Gasteiger partial charge on any atom is -0.484 e. The molecule has 0 radical (unpaired) electrons. The van der Waals surface area contributed by atoms with Gasteiger partial charge in [0.25, 0.3) is 0 Å². The molecule has 1 aliphatic rings. The largest absolute Gasteiger partial charge is 0.484 e. The SMILES string of the molecule is Cc1ccc(C2CC(=O)c3ccc(F)cc3O2)cc1Br. The Morgan fingerprint density at radius 3 is 2.80 bits per heavy atom. The van der Waals surface area contributed by atoms with Gasteiger partial charge in [-0.1, -0.05) is 28.1 Å². The van der Waals surface area contributed by atoms with E-state index in [1.165, 1.54) is 18.2 Å². The summed E-state index contributed by atoms with van der Waals surface area (Å²) in [5.74, 6) is -0.0989. The maximum absolute atomic E-state index is 13.3. The fourth-order valence-corrected chi connectivity index (χ4v) is 2.69. The van der Waals surface area contributed by atoms with Crippen molar-refractivity contribution >= 4 is 21.7 Å². The number of benzene rings is 2. The van der Waals surface area contributed by atoms with E-state index in [0.717, 1.165) is 15.6 Å². The number of rotatable bonds is 1. The molecule has 4 heteroatoms. The average Bonchev–Trinajstić information content (AvgIpc) is 2.41. The van der Waals surface area contributed by atoms with Crippen molar-refractivity contribution < 1.29 is 13.9 Å². The number of ether oxygens (including phenoxy) is 1. The number of Topliss-reactive ketones (excluding diaryl/α,β-unsaturated/α-hetero) is 1. The van der Waals surface area contributed by atoms with Crippen molar-refractivity contribution in [1.29, 1.82) is 0 Å². The van der Waals surface area contributed by atoms with E-state index in [0.29, 0.717) is 11.3 Å². The highest BCUT2D eigenvalue weighted by Gasteiger charge is 2.28. The quantitative estimate of drug-likeness (QED) is 0.761. The molecular formula is C16H12BrFO2. The van der Waals surface area contributed by atoms with Crippen molar-refractivity contribution in [3.8, 4) is 5.75 Å². The van der Waals surface area contributed by atoms with E-state index in [1.807, 2.05) is 25.1 Å². The number of halogens is 2. The van der Waals surface area contributed by atoms with Gasteiger partial charge in [0.05, 0.1) is 12.0 Å². The van der Waals surface area contributed by atoms with Gasteiger partial charge in [0, 0.05) is 10.5 Å². The van der Waals surface area contributed by atoms with E-state index in [4.69, 9.17) is 4.74 Å². The molecule has 0 saturated carbocycles. The molecule has 0 spiro atoms. The van der Waals surface area contributed by atoms with Crippen LogP contribution in [0.5, 0.6) is 5.75 Å². The number of hydrogen-bond acceptors (Lipinski definition) is 2. The van der Waals surface area contributed by atoms with E-state index >= 15 is 0 Å². The van der Waals surface area contributed by atoms with Gasteiger partial charge in [-0.15, -0.1) is 0 Å². The van der Waals surface area contributed by atoms with Gasteiger partial charge >= 0.3 is 0 Å². The zero-order valence-corrected chi connectivity index (χ0v) is 12.4. The summed E-state index contributed by atoms with van der Waals surface area (Å²) in [7, 11) is 0. The molecule has 3 rings (SSSR count). The summed E-state index contributed by atoms with van der Waals surface area (Å²) in [5, 5.41) is 0. The predicted octanol–water partition coefficient (Wildman–Crippen LogP) is 4.60. The topological polar surface area (TPSA) is 26.3 Å². The standard InChI is InChI=1S/C16H12BrFO2/c1-9-2-3-10(6-13(9)17)15-8-14(19)12-5-4-11(18)7-16(12)20-15/h2-7,15H,8H2,1H3. The van der Waals surface area contributed by atoms with Crippen LogP contribution < -0.4 is 4.74 Å². The first-order valence-electron chi connectivity index (χ1n) is 6.30. The Hall–Kier alpha value is -1.68. The molecule has 0 aromatic heterocycles. The summed E-state index contributed by atoms with van der Waals surface area (Å²) in [6.45, 7) is 1.99. The summed E-state index contributed by atoms with van der Waals surface area (Å²) in [5.41, 5.74) is 2.47. The van der Waals surface area contributed by atoms with E-state index in [1.54, 1.807) is 0 Å². The molecule has 1 unspecified atom stereocenters. The maximum atomic E-state index is 13.3. The molecule has 0 bridgehead atoms. The van der Waals surface area contributed by atoms with Crippen molar-refractivity contribution in [2.45, 2.75) is 19.4 Å². The molecule has 2 nitrogen and oxygen atoms in total. The molecule has 1 atom stereocenters. The van der Waals surface area contributed by atoms with Crippen LogP contribution in [0.15, 0.2) is 40.9 Å². The highest BCUT2D eigenvalue weighted by atomic mass is 79.9. The van der Waals surface area contributed by atoms with Crippen molar-refractivity contribution in [3.63, 3.8) is 0 Å². The lowest BCUT2D eigenvalue weighted by Crippen LogP contribution is -2.20. The first kappa shape index (κ1) is 13.3. The Morgan fingerprint density at radius 1 is 1.25 bits per heavy atom. The Morgan fingerprint density at radius 2 is 2.05 bits per heavy atom. The summed E-state index contributed by atoms with van der Waals surface area (Å²) in [6, 6.07) is 9.87. The first-order chi connectivity index (χ1) is 9.54. The first-order valence-corrected chi connectivity index (χ1v) is 7.09. The lowest BCUT2D eigenvalue weighted by molar-refractivity contribution is 0.0849. The zero-order chi connectivity index (χ0) is 14.3. The van der Waals surface area contributed by atoms with Crippen LogP contribution in [-0.2, 0) is 0 Å². The van der Waals surface area contributed by atoms with Crippen LogP contribution in [0.3, 0.4) is 0 Å². The Labute approximate surface area is 124 Å². The molecule has 1 aliphatic heterocycles. The molecule has 0 amide bonds. The summed E-state index contributed by atoms with van der Waals surface area (Å²) in [6.07, 6.45) is -0.0950. The van der Waals surface area contributed by atoms with E-state index in [2.05, 4.69) is 15.9 Å². The molecule has 2 aromatic carbocycles. The van der Waals surface area contributed by atoms with Crippen LogP contribution in [-0.4, -0.2) is 5.78 Å². The highest BCUT2D eigenvalue weighted by molar-refractivity contribution is 9.10. The number of ketones is 1. The Bertz CT molecular complexity index is 697. The lowest BCUT2D eigenvalue weighted by atomic mass is 9.96. The normalized spacial score (nSPS) is 17.6. The number of fused-ring (bicyclic) bond motifs is 1. The van der Waals surface area contributed by atoms with Gasteiger partial charge < -0.3 is 4.74 Å². The Balaban J connectivity index is 1.98. The van der Waals surface area contributed by atoms with Crippen molar-refractivity contribution in [2.75, 3.05) is 0 Å². The molecule has 2 aromatic rings. The molecule has 0 fully saturated rings. The van der Waals surface area contributed by atoms with Gasteiger partial charge in [-0.2, -0.15) is 0 Å². The second-order valence-corrected chi connectivity index (χ2v) is 5.74. The Kier molecular flexibility index (Phi) is 3.34. The third-order valence-corrected chi connectivity index (χ3v) is 4.31.